The van der Waals surface area contributed by atoms with Gasteiger partial charge < -0.3 is 18.9 Å². The fourth-order valence-corrected chi connectivity index (χ4v) is 8.63. The Kier molecular flexibility index (Phi) is 11.1. The van der Waals surface area contributed by atoms with Gasteiger partial charge in [0.15, 0.2) is 0 Å². The lowest BCUT2D eigenvalue weighted by Gasteiger charge is -2.37. The van der Waals surface area contributed by atoms with E-state index in [1.165, 1.54) is 16.7 Å². The Bertz CT molecular complexity index is 2230. The van der Waals surface area contributed by atoms with Crippen LogP contribution in [0.2, 0.25) is 0 Å². The predicted octanol–water partition coefficient (Wildman–Crippen LogP) is 14.4. The predicted molar refractivity (Wildman–Crippen MR) is 248 cm³/mol. The van der Waals surface area contributed by atoms with E-state index in [0.29, 0.717) is 11.5 Å². The zero-order chi connectivity index (χ0) is 45.0. The Labute approximate surface area is 363 Å². The molecule has 5 nitrogen and oxygen atoms in total. The van der Waals surface area contributed by atoms with E-state index < -0.39 is 12.4 Å². The molecular formula is C55H74O5. The molecule has 2 aliphatic heterocycles. The van der Waals surface area contributed by atoms with Gasteiger partial charge in [-0.15, -0.1) is 0 Å². The Morgan fingerprint density at radius 3 is 1.17 bits per heavy atom. The third-order valence-electron chi connectivity index (χ3n) is 12.5. The van der Waals surface area contributed by atoms with E-state index >= 15 is 0 Å². The monoisotopic (exact) mass is 815 g/mol. The quantitative estimate of drug-likeness (QED) is 0.152. The standard InChI is InChI=1S/C55H74O5/c1-30-22-33(43-39-26-36(52(10,11)12)29-42(55(19,20)21)47(39)57-48(43)56)23-31(2)44(30)58-49-59-45-37(24-34(50(4,5)6)27-40(45)53(13,14)15)32(3)38-25-35(51(7,8)9)28-41(46(38)60-49)54(16,17)18/h22-29,32,43,49H,1-21H3. The van der Waals surface area contributed by atoms with Gasteiger partial charge >= 0.3 is 12.4 Å². The summed E-state index contributed by atoms with van der Waals surface area (Å²) in [6.45, 7) is 45.6. The van der Waals surface area contributed by atoms with Crippen LogP contribution in [0.3, 0.4) is 0 Å². The van der Waals surface area contributed by atoms with E-state index in [1.807, 2.05) is 13.8 Å². The topological polar surface area (TPSA) is 54.0 Å². The number of carbonyl (C=O) groups excluding carboxylic acids is 1. The molecule has 2 aliphatic rings. The zero-order valence-electron chi connectivity index (χ0n) is 40.9. The normalized spacial score (nSPS) is 18.7. The second-order valence-corrected chi connectivity index (χ2v) is 24.0. The Morgan fingerprint density at radius 2 is 0.817 bits per heavy atom. The van der Waals surface area contributed by atoms with Crippen LogP contribution in [0.4, 0.5) is 0 Å². The Hall–Kier alpha value is -4.25. The molecule has 60 heavy (non-hydrogen) atoms. The molecule has 4 aromatic carbocycles. The van der Waals surface area contributed by atoms with Gasteiger partial charge in [-0.25, -0.2) is 0 Å². The van der Waals surface area contributed by atoms with Gasteiger partial charge in [0.1, 0.15) is 28.9 Å². The Balaban J connectivity index is 1.54. The number of hydrogen-bond donors (Lipinski definition) is 0. The molecule has 0 radical (unpaired) electrons. The summed E-state index contributed by atoms with van der Waals surface area (Å²) in [4.78, 5) is 13.9. The van der Waals surface area contributed by atoms with Crippen molar-refractivity contribution >= 4 is 5.97 Å². The minimum atomic E-state index is -1.11. The summed E-state index contributed by atoms with van der Waals surface area (Å²) in [7, 11) is 0. The van der Waals surface area contributed by atoms with Crippen LogP contribution >= 0.6 is 0 Å². The molecule has 0 bridgehead atoms. The molecule has 1 atom stereocenters. The van der Waals surface area contributed by atoms with Crippen LogP contribution in [-0.4, -0.2) is 12.4 Å². The molecule has 0 saturated heterocycles. The summed E-state index contributed by atoms with van der Waals surface area (Å²) in [5.41, 5.74) is 11.9. The van der Waals surface area contributed by atoms with Gasteiger partial charge in [0.05, 0.1) is 0 Å². The maximum atomic E-state index is 13.9. The van der Waals surface area contributed by atoms with E-state index in [4.69, 9.17) is 18.9 Å². The molecular weight excluding hydrogens is 741 g/mol. The van der Waals surface area contributed by atoms with Crippen molar-refractivity contribution in [2.45, 2.75) is 196 Å². The summed E-state index contributed by atoms with van der Waals surface area (Å²) in [5, 5.41) is 0. The first-order valence-electron chi connectivity index (χ1n) is 22.1. The number of fused-ring (bicyclic) bond motifs is 3. The van der Waals surface area contributed by atoms with Crippen molar-refractivity contribution in [2.24, 2.45) is 0 Å². The molecule has 2 heterocycles. The average molecular weight is 815 g/mol. The maximum Gasteiger partial charge on any atom is 0.406 e. The second kappa shape index (κ2) is 14.7. The van der Waals surface area contributed by atoms with E-state index in [1.54, 1.807) is 0 Å². The fraction of sp³-hybridized carbons (Fsp3) is 0.545. The first-order chi connectivity index (χ1) is 27.2. The minimum absolute atomic E-state index is 0.0304. The van der Waals surface area contributed by atoms with Crippen molar-refractivity contribution in [1.29, 1.82) is 0 Å². The average Bonchev–Trinajstić information content (AvgIpc) is 3.40. The summed E-state index contributed by atoms with van der Waals surface area (Å²) in [6.07, 6.45) is 0. The second-order valence-electron chi connectivity index (χ2n) is 24.0. The first kappa shape index (κ1) is 45.3. The Morgan fingerprint density at radius 1 is 0.467 bits per heavy atom. The lowest BCUT2D eigenvalue weighted by atomic mass is 9.74. The molecule has 0 saturated carbocycles. The van der Waals surface area contributed by atoms with Crippen LogP contribution in [0.25, 0.3) is 0 Å². The molecule has 0 fully saturated rings. The highest BCUT2D eigenvalue weighted by Crippen LogP contribution is 2.51. The number of ether oxygens (including phenoxy) is 4. The molecule has 1 unspecified atom stereocenters. The van der Waals surface area contributed by atoms with Crippen molar-refractivity contribution in [1.82, 2.24) is 0 Å². The third kappa shape index (κ3) is 8.62. The lowest BCUT2D eigenvalue weighted by molar-refractivity contribution is -0.144. The smallest absolute Gasteiger partial charge is 0.406 e. The highest BCUT2D eigenvalue weighted by Gasteiger charge is 2.41. The molecule has 324 valence electrons. The number of hydrogen-bond acceptors (Lipinski definition) is 5. The van der Waals surface area contributed by atoms with Crippen molar-refractivity contribution < 1.29 is 23.7 Å². The summed E-state index contributed by atoms with van der Waals surface area (Å²) >= 11 is 0. The van der Waals surface area contributed by atoms with Gasteiger partial charge in [0, 0.05) is 39.3 Å². The van der Waals surface area contributed by atoms with Crippen molar-refractivity contribution in [2.75, 3.05) is 0 Å². The van der Waals surface area contributed by atoms with Crippen molar-refractivity contribution in [3.05, 3.63) is 115 Å². The summed E-state index contributed by atoms with van der Waals surface area (Å²) in [5.74, 6) is 2.13. The largest absolute Gasteiger partial charge is 0.425 e. The highest BCUT2D eigenvalue weighted by atomic mass is 16.8. The van der Waals surface area contributed by atoms with E-state index in [0.717, 1.165) is 61.6 Å². The van der Waals surface area contributed by atoms with E-state index in [9.17, 15) is 4.79 Å². The van der Waals surface area contributed by atoms with Gasteiger partial charge in [-0.3, -0.25) is 4.79 Å². The maximum absolute atomic E-state index is 13.9. The van der Waals surface area contributed by atoms with Gasteiger partial charge in [-0.05, 0) is 79.7 Å². The van der Waals surface area contributed by atoms with Crippen molar-refractivity contribution in [3.63, 3.8) is 0 Å². The number of esters is 1. The molecule has 0 aliphatic carbocycles. The number of benzene rings is 4. The minimum Gasteiger partial charge on any atom is -0.425 e. The summed E-state index contributed by atoms with van der Waals surface area (Å²) in [6, 6.07) is 17.9. The van der Waals surface area contributed by atoms with Gasteiger partial charge in [-0.1, -0.05) is 180 Å². The molecule has 5 heteroatoms. The van der Waals surface area contributed by atoms with E-state index in [-0.39, 0.29) is 44.4 Å². The first-order valence-corrected chi connectivity index (χ1v) is 22.1. The molecule has 0 aromatic heterocycles. The van der Waals surface area contributed by atoms with Crippen LogP contribution in [0, 0.1) is 13.8 Å². The van der Waals surface area contributed by atoms with Gasteiger partial charge in [-0.2, -0.15) is 0 Å². The van der Waals surface area contributed by atoms with Crippen LogP contribution in [-0.2, 0) is 37.3 Å². The lowest BCUT2D eigenvalue weighted by Crippen LogP contribution is -2.36. The summed E-state index contributed by atoms with van der Waals surface area (Å²) < 4.78 is 27.4. The molecule has 0 N–H and O–H groups in total. The van der Waals surface area contributed by atoms with Gasteiger partial charge in [0.2, 0.25) is 0 Å². The molecule has 4 aromatic rings. The van der Waals surface area contributed by atoms with Crippen molar-refractivity contribution in [3.8, 4) is 23.0 Å². The van der Waals surface area contributed by atoms with Crippen LogP contribution in [0.15, 0.2) is 48.5 Å². The highest BCUT2D eigenvalue weighted by molar-refractivity contribution is 5.90. The molecule has 6 rings (SSSR count). The van der Waals surface area contributed by atoms with E-state index in [2.05, 4.69) is 180 Å². The van der Waals surface area contributed by atoms with Crippen LogP contribution in [0.5, 0.6) is 23.0 Å². The number of carbonyl (C=O) groups is 1. The van der Waals surface area contributed by atoms with Crippen LogP contribution < -0.4 is 18.9 Å². The fourth-order valence-electron chi connectivity index (χ4n) is 8.63. The zero-order valence-corrected chi connectivity index (χ0v) is 40.9. The number of aryl methyl sites for hydroxylation is 2. The molecule has 0 amide bonds. The SMILES string of the molecule is Cc1cc(C2C(=O)Oc3c2cc(C(C)(C)C)cc3C(C)(C)C)cc(C)c1OC1Oc2c(cc(C(C)(C)C)cc2C(C)(C)C)C(C)c2cc(C(C)(C)C)cc(C(C)(C)C)c2O1. The number of rotatable bonds is 3. The third-order valence-corrected chi connectivity index (χ3v) is 12.5. The molecule has 0 spiro atoms. The van der Waals surface area contributed by atoms with Crippen LogP contribution in [0.1, 0.15) is 210 Å². The van der Waals surface area contributed by atoms with Gasteiger partial charge in [0.25, 0.3) is 0 Å².